The third kappa shape index (κ3) is 3.61. The van der Waals surface area contributed by atoms with Crippen molar-refractivity contribution in [2.75, 3.05) is 13.6 Å². The zero-order valence-electron chi connectivity index (χ0n) is 15.5. The van der Waals surface area contributed by atoms with Crippen LogP contribution in [0.4, 0.5) is 13.2 Å². The van der Waals surface area contributed by atoms with Crippen molar-refractivity contribution in [1.82, 2.24) is 4.98 Å². The number of carbonyl (C=O) groups excluding carboxylic acids is 1. The monoisotopic (exact) mass is 398 g/mol. The molecule has 7 heteroatoms. The fraction of sp³-hybridized carbons (Fsp3) is 0.182. The Hall–Kier alpha value is -3.19. The number of quaternary nitrogens is 1. The van der Waals surface area contributed by atoms with Crippen molar-refractivity contribution in [3.63, 3.8) is 0 Å². The molecule has 0 radical (unpaired) electrons. The second kappa shape index (κ2) is 7.00. The zero-order chi connectivity index (χ0) is 20.8. The predicted molar refractivity (Wildman–Crippen MR) is 101 cm³/mol. The second-order valence-corrected chi connectivity index (χ2v) is 7.22. The van der Waals surface area contributed by atoms with Crippen molar-refractivity contribution >= 4 is 28.5 Å². The minimum atomic E-state index is -4.43. The van der Waals surface area contributed by atoms with Gasteiger partial charge in [-0.3, -0.25) is 0 Å². The van der Waals surface area contributed by atoms with Gasteiger partial charge < -0.3 is 14.8 Å². The summed E-state index contributed by atoms with van der Waals surface area (Å²) in [7, 11) is 1.90. The first kappa shape index (κ1) is 19.1. The number of halogens is 3. The van der Waals surface area contributed by atoms with E-state index in [1.54, 1.807) is 36.4 Å². The molecular formula is C22H17F3N2O2. The van der Waals surface area contributed by atoms with Gasteiger partial charge in [-0.15, -0.1) is 0 Å². The van der Waals surface area contributed by atoms with Gasteiger partial charge in [0, 0.05) is 22.1 Å². The molecule has 0 bridgehead atoms. The number of carbonyl (C=O) groups is 1. The van der Waals surface area contributed by atoms with Gasteiger partial charge in [-0.25, -0.2) is 4.98 Å². The van der Waals surface area contributed by atoms with Crippen molar-refractivity contribution in [2.24, 2.45) is 0 Å². The first-order chi connectivity index (χ1) is 13.7. The second-order valence-electron chi connectivity index (χ2n) is 7.22. The molecule has 148 valence electrons. The number of nitrogens with one attached hydrogen (secondary N) is 1. The summed E-state index contributed by atoms with van der Waals surface area (Å²) in [6.07, 6.45) is -2.78. The van der Waals surface area contributed by atoms with E-state index in [4.69, 9.17) is 0 Å². The van der Waals surface area contributed by atoms with Crippen molar-refractivity contribution in [3.05, 3.63) is 76.5 Å². The van der Waals surface area contributed by atoms with Gasteiger partial charge in [-0.2, -0.15) is 13.2 Å². The number of carboxylic acid groups (broad SMARTS) is 1. The van der Waals surface area contributed by atoms with Gasteiger partial charge in [0.2, 0.25) is 0 Å². The van der Waals surface area contributed by atoms with E-state index in [0.29, 0.717) is 46.4 Å². The van der Waals surface area contributed by atoms with E-state index in [-0.39, 0.29) is 5.56 Å². The Morgan fingerprint density at radius 2 is 1.90 bits per heavy atom. The summed E-state index contributed by atoms with van der Waals surface area (Å²) in [5.74, 6) is -1.28. The molecule has 3 aromatic rings. The first-order valence-electron chi connectivity index (χ1n) is 9.06. The molecule has 0 spiro atoms. The number of rotatable bonds is 2. The van der Waals surface area contributed by atoms with E-state index in [2.05, 4.69) is 4.98 Å². The molecule has 4 nitrogen and oxygen atoms in total. The molecule has 2 aromatic carbocycles. The highest BCUT2D eigenvalue weighted by molar-refractivity contribution is 6.05. The predicted octanol–water partition coefficient (Wildman–Crippen LogP) is 2.19. The fourth-order valence-electron chi connectivity index (χ4n) is 3.82. The van der Waals surface area contributed by atoms with Crippen LogP contribution in [-0.4, -0.2) is 24.5 Å². The largest absolute Gasteiger partial charge is 0.545 e. The SMILES string of the molecule is C[NH+]1C/C(=C\c2cccc(C(F)(F)F)c2)c2nc3ccccc3c(C(=O)[O-])c2C1. The van der Waals surface area contributed by atoms with Crippen LogP contribution in [0.1, 0.15) is 32.7 Å². The fourth-order valence-corrected chi connectivity index (χ4v) is 3.82. The molecule has 0 saturated heterocycles. The van der Waals surface area contributed by atoms with Gasteiger partial charge >= 0.3 is 6.18 Å². The van der Waals surface area contributed by atoms with Gasteiger partial charge in [0.1, 0.15) is 13.1 Å². The number of hydrogen-bond acceptors (Lipinski definition) is 3. The number of nitrogens with zero attached hydrogens (tertiary/aromatic N) is 1. The number of para-hydroxylation sites is 1. The molecule has 0 aliphatic carbocycles. The first-order valence-corrected chi connectivity index (χ1v) is 9.06. The number of pyridine rings is 1. The number of carboxylic acids is 1. The molecule has 1 aliphatic heterocycles. The Morgan fingerprint density at radius 3 is 2.62 bits per heavy atom. The van der Waals surface area contributed by atoms with Gasteiger partial charge in [-0.1, -0.05) is 30.3 Å². The topological polar surface area (TPSA) is 57.5 Å². The smallest absolute Gasteiger partial charge is 0.416 e. The summed E-state index contributed by atoms with van der Waals surface area (Å²) >= 11 is 0. The maximum atomic E-state index is 13.1. The maximum absolute atomic E-state index is 13.1. The van der Waals surface area contributed by atoms with E-state index >= 15 is 0 Å². The molecule has 1 N–H and O–H groups in total. The number of hydrogen-bond donors (Lipinski definition) is 1. The van der Waals surface area contributed by atoms with Crippen LogP contribution < -0.4 is 10.0 Å². The van der Waals surface area contributed by atoms with Crippen LogP contribution in [0.5, 0.6) is 0 Å². The minimum Gasteiger partial charge on any atom is -0.545 e. The lowest BCUT2D eigenvalue weighted by Gasteiger charge is -2.27. The van der Waals surface area contributed by atoms with Crippen LogP contribution in [0.25, 0.3) is 22.6 Å². The van der Waals surface area contributed by atoms with E-state index < -0.39 is 17.7 Å². The third-order valence-corrected chi connectivity index (χ3v) is 5.03. The Kier molecular flexibility index (Phi) is 4.62. The molecule has 0 saturated carbocycles. The van der Waals surface area contributed by atoms with Gasteiger partial charge in [0.15, 0.2) is 0 Å². The molecule has 2 heterocycles. The summed E-state index contributed by atoms with van der Waals surface area (Å²) in [4.78, 5) is 17.6. The van der Waals surface area contributed by atoms with Gasteiger partial charge in [0.25, 0.3) is 0 Å². The highest BCUT2D eigenvalue weighted by Crippen LogP contribution is 2.32. The van der Waals surface area contributed by atoms with E-state index in [0.717, 1.165) is 17.0 Å². The van der Waals surface area contributed by atoms with Crippen LogP contribution in [0, 0.1) is 0 Å². The standard InChI is InChI=1S/C22H17F3N2O2/c1-27-11-14(9-13-5-4-6-15(10-13)22(23,24)25)20-17(12-27)19(21(28)29)16-7-2-3-8-18(16)26-20/h2-10H,11-12H2,1H3,(H,28,29)/b14-9+. The molecule has 0 amide bonds. The quantitative estimate of drug-likeness (QED) is 0.720. The van der Waals surface area contributed by atoms with E-state index in [9.17, 15) is 23.1 Å². The average Bonchev–Trinajstić information content (AvgIpc) is 2.65. The van der Waals surface area contributed by atoms with E-state index in [1.807, 2.05) is 7.05 Å². The normalized spacial score (nSPS) is 18.1. The Bertz CT molecular complexity index is 1150. The van der Waals surface area contributed by atoms with Crippen LogP contribution in [-0.2, 0) is 12.7 Å². The summed E-state index contributed by atoms with van der Waals surface area (Å²) in [6, 6.07) is 12.0. The summed E-state index contributed by atoms with van der Waals surface area (Å²) in [5.41, 5.74) is 2.01. The molecular weight excluding hydrogens is 381 g/mol. The summed E-state index contributed by atoms with van der Waals surface area (Å²) in [6.45, 7) is 0.956. The number of aromatic nitrogens is 1. The molecule has 1 aromatic heterocycles. The van der Waals surface area contributed by atoms with Crippen molar-refractivity contribution in [3.8, 4) is 0 Å². The number of aromatic carboxylic acids is 1. The Balaban J connectivity index is 1.93. The van der Waals surface area contributed by atoms with Crippen LogP contribution in [0.3, 0.4) is 0 Å². The molecule has 4 rings (SSSR count). The van der Waals surface area contributed by atoms with Gasteiger partial charge in [-0.05, 0) is 29.8 Å². The van der Waals surface area contributed by atoms with Gasteiger partial charge in [0.05, 0.1) is 29.8 Å². The highest BCUT2D eigenvalue weighted by Gasteiger charge is 2.31. The third-order valence-electron chi connectivity index (χ3n) is 5.03. The van der Waals surface area contributed by atoms with Crippen molar-refractivity contribution in [1.29, 1.82) is 0 Å². The van der Waals surface area contributed by atoms with Crippen LogP contribution in [0.2, 0.25) is 0 Å². The molecule has 0 fully saturated rings. The average molecular weight is 398 g/mol. The molecule has 1 aliphatic rings. The number of fused-ring (bicyclic) bond motifs is 2. The summed E-state index contributed by atoms with van der Waals surface area (Å²) in [5, 5.41) is 12.4. The highest BCUT2D eigenvalue weighted by atomic mass is 19.4. The Labute approximate surface area is 164 Å². The van der Waals surface area contributed by atoms with Crippen molar-refractivity contribution < 1.29 is 28.0 Å². The molecule has 29 heavy (non-hydrogen) atoms. The summed E-state index contributed by atoms with van der Waals surface area (Å²) < 4.78 is 39.2. The number of alkyl halides is 3. The lowest BCUT2D eigenvalue weighted by molar-refractivity contribution is -0.887. The lowest BCUT2D eigenvalue weighted by atomic mass is 9.92. The molecule has 1 unspecified atom stereocenters. The number of benzene rings is 2. The number of likely N-dealkylation sites (N-methyl/N-ethyl adjacent to an activating group) is 1. The maximum Gasteiger partial charge on any atom is 0.416 e. The van der Waals surface area contributed by atoms with Crippen LogP contribution >= 0.6 is 0 Å². The molecule has 1 atom stereocenters. The van der Waals surface area contributed by atoms with Crippen molar-refractivity contribution in [2.45, 2.75) is 12.7 Å². The van der Waals surface area contributed by atoms with E-state index in [1.165, 1.54) is 6.07 Å². The lowest BCUT2D eigenvalue weighted by Crippen LogP contribution is -3.08. The Morgan fingerprint density at radius 1 is 1.14 bits per heavy atom. The minimum absolute atomic E-state index is 0.0968. The van der Waals surface area contributed by atoms with Crippen LogP contribution in [0.15, 0.2) is 48.5 Å². The zero-order valence-corrected chi connectivity index (χ0v) is 15.5.